The Balaban J connectivity index is 1.99. The second-order valence-corrected chi connectivity index (χ2v) is 5.87. The first kappa shape index (κ1) is 17.3. The van der Waals surface area contributed by atoms with Gasteiger partial charge >= 0.3 is 0 Å². The number of halogens is 1. The maximum absolute atomic E-state index is 13.3. The summed E-state index contributed by atoms with van der Waals surface area (Å²) >= 11 is 0. The van der Waals surface area contributed by atoms with Crippen molar-refractivity contribution in [1.29, 1.82) is 0 Å². The number of hydrogen-bond donors (Lipinski definition) is 2. The van der Waals surface area contributed by atoms with Gasteiger partial charge in [-0.15, -0.1) is 0 Å². The van der Waals surface area contributed by atoms with Crippen LogP contribution in [0, 0.1) is 5.82 Å². The molecule has 0 saturated carbocycles. The maximum atomic E-state index is 13.3. The molecular formula is C17H17FN6O2. The average Bonchev–Trinajstić information content (AvgIpc) is 3.00. The van der Waals surface area contributed by atoms with E-state index >= 15 is 0 Å². The highest BCUT2D eigenvalue weighted by molar-refractivity contribution is 6.00. The zero-order chi connectivity index (χ0) is 18.8. The molecule has 3 N–H and O–H groups in total. The molecule has 0 unspecified atom stereocenters. The molecule has 3 aromatic heterocycles. The molecule has 3 aromatic rings. The highest BCUT2D eigenvalue weighted by Gasteiger charge is 2.15. The lowest BCUT2D eigenvalue weighted by atomic mass is 10.2. The van der Waals surface area contributed by atoms with E-state index in [4.69, 9.17) is 5.73 Å². The summed E-state index contributed by atoms with van der Waals surface area (Å²) in [5.74, 6) is -1.38. The van der Waals surface area contributed by atoms with Gasteiger partial charge in [-0.2, -0.15) is 0 Å². The normalized spacial score (nSPS) is 10.7. The third kappa shape index (κ3) is 3.32. The standard InChI is InChI=1S/C17H17FN6O2/c1-23(2)14(25)9-24-6-4-11-13(3-5-20-17(11)24)22-16-12(15(19)26)7-10(18)8-21-16/h3-8H,9H2,1-2H3,(H2,19,26)(H,20,21,22). The van der Waals surface area contributed by atoms with Crippen molar-refractivity contribution < 1.29 is 14.0 Å². The van der Waals surface area contributed by atoms with E-state index in [-0.39, 0.29) is 23.8 Å². The van der Waals surface area contributed by atoms with Crippen LogP contribution in [0.1, 0.15) is 10.4 Å². The van der Waals surface area contributed by atoms with E-state index in [0.29, 0.717) is 11.3 Å². The summed E-state index contributed by atoms with van der Waals surface area (Å²) in [5, 5.41) is 3.71. The molecule has 26 heavy (non-hydrogen) atoms. The highest BCUT2D eigenvalue weighted by atomic mass is 19.1. The molecule has 0 bridgehead atoms. The zero-order valence-electron chi connectivity index (χ0n) is 14.2. The predicted octanol–water partition coefficient (Wildman–Crippen LogP) is 1.50. The fourth-order valence-corrected chi connectivity index (χ4v) is 2.47. The number of carbonyl (C=O) groups excluding carboxylic acids is 2. The fraction of sp³-hybridized carbons (Fsp3) is 0.176. The van der Waals surface area contributed by atoms with Gasteiger partial charge in [0, 0.05) is 31.9 Å². The number of anilines is 2. The Morgan fingerprint density at radius 3 is 2.77 bits per heavy atom. The molecule has 134 valence electrons. The van der Waals surface area contributed by atoms with E-state index in [1.165, 1.54) is 4.90 Å². The molecule has 0 aliphatic rings. The van der Waals surface area contributed by atoms with Crippen LogP contribution in [-0.2, 0) is 11.3 Å². The number of fused-ring (bicyclic) bond motifs is 1. The summed E-state index contributed by atoms with van der Waals surface area (Å²) in [6.45, 7) is 0.147. The Kier molecular flexibility index (Phi) is 4.53. The van der Waals surface area contributed by atoms with Gasteiger partial charge < -0.3 is 20.5 Å². The minimum absolute atomic E-state index is 0.0582. The summed E-state index contributed by atoms with van der Waals surface area (Å²) in [5.41, 5.74) is 6.43. The van der Waals surface area contributed by atoms with Crippen molar-refractivity contribution in [2.75, 3.05) is 19.4 Å². The van der Waals surface area contributed by atoms with E-state index in [1.807, 2.05) is 0 Å². The van der Waals surface area contributed by atoms with Gasteiger partial charge in [-0.1, -0.05) is 0 Å². The van der Waals surface area contributed by atoms with Gasteiger partial charge in [-0.05, 0) is 18.2 Å². The highest BCUT2D eigenvalue weighted by Crippen LogP contribution is 2.27. The van der Waals surface area contributed by atoms with Crippen molar-refractivity contribution >= 4 is 34.4 Å². The van der Waals surface area contributed by atoms with Gasteiger partial charge in [0.25, 0.3) is 5.91 Å². The number of aromatic nitrogens is 3. The average molecular weight is 356 g/mol. The Morgan fingerprint density at radius 1 is 1.31 bits per heavy atom. The lowest BCUT2D eigenvalue weighted by Crippen LogP contribution is -2.26. The van der Waals surface area contributed by atoms with Crippen molar-refractivity contribution in [3.05, 3.63) is 48.2 Å². The summed E-state index contributed by atoms with van der Waals surface area (Å²) in [6.07, 6.45) is 4.31. The second-order valence-electron chi connectivity index (χ2n) is 5.87. The van der Waals surface area contributed by atoms with Crippen molar-refractivity contribution in [1.82, 2.24) is 19.4 Å². The molecule has 8 nitrogen and oxygen atoms in total. The number of nitrogens with zero attached hydrogens (tertiary/aromatic N) is 4. The summed E-state index contributed by atoms with van der Waals surface area (Å²) in [7, 11) is 3.36. The number of amides is 2. The first-order valence-electron chi connectivity index (χ1n) is 7.73. The van der Waals surface area contributed by atoms with Crippen LogP contribution in [0.4, 0.5) is 15.9 Å². The lowest BCUT2D eigenvalue weighted by molar-refractivity contribution is -0.129. The molecule has 0 fully saturated rings. The number of pyridine rings is 2. The van der Waals surface area contributed by atoms with Crippen LogP contribution in [0.5, 0.6) is 0 Å². The summed E-state index contributed by atoms with van der Waals surface area (Å²) in [4.78, 5) is 33.2. The molecule has 3 heterocycles. The molecule has 0 aliphatic carbocycles. The van der Waals surface area contributed by atoms with Crippen LogP contribution < -0.4 is 11.1 Å². The fourth-order valence-electron chi connectivity index (χ4n) is 2.47. The summed E-state index contributed by atoms with van der Waals surface area (Å²) in [6, 6.07) is 4.51. The number of nitrogens with two attached hydrogens (primary N) is 1. The Hall–Kier alpha value is -3.49. The van der Waals surface area contributed by atoms with E-state index in [0.717, 1.165) is 17.6 Å². The van der Waals surface area contributed by atoms with Crippen LogP contribution in [0.15, 0.2) is 36.8 Å². The van der Waals surface area contributed by atoms with Crippen molar-refractivity contribution in [3.63, 3.8) is 0 Å². The first-order valence-corrected chi connectivity index (χ1v) is 7.73. The molecule has 0 saturated heterocycles. The predicted molar refractivity (Wildman–Crippen MR) is 94.4 cm³/mol. The summed E-state index contributed by atoms with van der Waals surface area (Å²) < 4.78 is 15.1. The van der Waals surface area contributed by atoms with Gasteiger partial charge in [-0.25, -0.2) is 14.4 Å². The molecule has 0 aromatic carbocycles. The molecule has 0 atom stereocenters. The zero-order valence-corrected chi connectivity index (χ0v) is 14.2. The molecule has 3 rings (SSSR count). The number of carbonyl (C=O) groups is 2. The second kappa shape index (κ2) is 6.79. The van der Waals surface area contributed by atoms with Crippen molar-refractivity contribution in [3.8, 4) is 0 Å². The maximum Gasteiger partial charge on any atom is 0.252 e. The van der Waals surface area contributed by atoms with Crippen LogP contribution in [0.3, 0.4) is 0 Å². The first-order chi connectivity index (χ1) is 12.4. The Labute approximate surface area is 148 Å². The molecule has 0 radical (unpaired) electrons. The van der Waals surface area contributed by atoms with Crippen molar-refractivity contribution in [2.45, 2.75) is 6.54 Å². The minimum Gasteiger partial charge on any atom is -0.365 e. The Morgan fingerprint density at radius 2 is 2.08 bits per heavy atom. The number of likely N-dealkylation sites (N-methyl/N-ethyl adjacent to an activating group) is 1. The van der Waals surface area contributed by atoms with Gasteiger partial charge in [0.1, 0.15) is 23.8 Å². The van der Waals surface area contributed by atoms with Gasteiger partial charge in [-0.3, -0.25) is 9.59 Å². The number of rotatable bonds is 5. The Bertz CT molecular complexity index is 998. The topological polar surface area (TPSA) is 106 Å². The van der Waals surface area contributed by atoms with Gasteiger partial charge in [0.05, 0.1) is 17.4 Å². The largest absolute Gasteiger partial charge is 0.365 e. The van der Waals surface area contributed by atoms with Crippen LogP contribution in [0.2, 0.25) is 0 Å². The van der Waals surface area contributed by atoms with E-state index < -0.39 is 11.7 Å². The van der Waals surface area contributed by atoms with Gasteiger partial charge in [0.15, 0.2) is 0 Å². The van der Waals surface area contributed by atoms with Crippen LogP contribution >= 0.6 is 0 Å². The van der Waals surface area contributed by atoms with E-state index in [1.54, 1.807) is 43.2 Å². The quantitative estimate of drug-likeness (QED) is 0.721. The van der Waals surface area contributed by atoms with Crippen LogP contribution in [-0.4, -0.2) is 45.3 Å². The third-order valence-corrected chi connectivity index (χ3v) is 3.84. The van der Waals surface area contributed by atoms with Gasteiger partial charge in [0.2, 0.25) is 5.91 Å². The lowest BCUT2D eigenvalue weighted by Gasteiger charge is -2.12. The molecule has 9 heteroatoms. The number of nitrogens with one attached hydrogen (secondary N) is 1. The number of hydrogen-bond acceptors (Lipinski definition) is 5. The monoisotopic (exact) mass is 356 g/mol. The SMILES string of the molecule is CN(C)C(=O)Cn1ccc2c(Nc3ncc(F)cc3C(N)=O)ccnc21. The molecule has 2 amide bonds. The number of primary amides is 1. The smallest absolute Gasteiger partial charge is 0.252 e. The molecule has 0 spiro atoms. The third-order valence-electron chi connectivity index (χ3n) is 3.84. The van der Waals surface area contributed by atoms with Crippen molar-refractivity contribution in [2.24, 2.45) is 5.73 Å². The van der Waals surface area contributed by atoms with E-state index in [9.17, 15) is 14.0 Å². The van der Waals surface area contributed by atoms with E-state index in [2.05, 4.69) is 15.3 Å². The minimum atomic E-state index is -0.793. The molecular weight excluding hydrogens is 339 g/mol. The molecule has 0 aliphatic heterocycles. The van der Waals surface area contributed by atoms with Crippen LogP contribution in [0.25, 0.3) is 11.0 Å².